The van der Waals surface area contributed by atoms with E-state index in [9.17, 15) is 14.0 Å². The van der Waals surface area contributed by atoms with Crippen LogP contribution in [0.4, 0.5) is 4.39 Å². The topological polar surface area (TPSA) is 88.2 Å². The van der Waals surface area contributed by atoms with Gasteiger partial charge in [0.15, 0.2) is 5.82 Å². The molecule has 2 aromatic heterocycles. The number of carbonyl (C=O) groups is 1. The minimum Gasteiger partial charge on any atom is -0.458 e. The van der Waals surface area contributed by atoms with Crippen molar-refractivity contribution in [1.29, 1.82) is 0 Å². The molecule has 2 aromatic rings. The summed E-state index contributed by atoms with van der Waals surface area (Å²) in [6.07, 6.45) is 4.76. The molecule has 23 heavy (non-hydrogen) atoms. The number of halogens is 1. The third kappa shape index (κ3) is 3.71. The Morgan fingerprint density at radius 3 is 2.83 bits per heavy atom. The van der Waals surface area contributed by atoms with Crippen molar-refractivity contribution in [1.82, 2.24) is 19.9 Å². The molecule has 3 heterocycles. The second kappa shape index (κ2) is 6.55. The van der Waals surface area contributed by atoms with Crippen LogP contribution in [-0.4, -0.2) is 45.0 Å². The van der Waals surface area contributed by atoms with E-state index in [1.807, 2.05) is 0 Å². The Balaban J connectivity index is 1.65. The summed E-state index contributed by atoms with van der Waals surface area (Å²) < 4.78 is 18.4. The maximum absolute atomic E-state index is 12.8. The van der Waals surface area contributed by atoms with Crippen LogP contribution in [-0.2, 0) is 0 Å². The van der Waals surface area contributed by atoms with Gasteiger partial charge in [-0.2, -0.15) is 0 Å². The molecule has 1 fully saturated rings. The number of rotatable bonds is 3. The lowest BCUT2D eigenvalue weighted by atomic mass is 10.1. The van der Waals surface area contributed by atoms with Gasteiger partial charge in [0.05, 0.1) is 24.5 Å². The highest BCUT2D eigenvalue weighted by Gasteiger charge is 2.26. The van der Waals surface area contributed by atoms with Crippen molar-refractivity contribution in [2.45, 2.75) is 18.9 Å². The highest BCUT2D eigenvalue weighted by Crippen LogP contribution is 2.17. The van der Waals surface area contributed by atoms with E-state index in [4.69, 9.17) is 4.74 Å². The smallest absolute Gasteiger partial charge is 0.316 e. The number of H-pyrrole nitrogens is 1. The van der Waals surface area contributed by atoms with Gasteiger partial charge in [-0.25, -0.2) is 14.4 Å². The van der Waals surface area contributed by atoms with Crippen LogP contribution in [0.15, 0.2) is 35.5 Å². The second-order valence-corrected chi connectivity index (χ2v) is 5.26. The van der Waals surface area contributed by atoms with Gasteiger partial charge in [-0.15, -0.1) is 0 Å². The van der Waals surface area contributed by atoms with Gasteiger partial charge in [0.2, 0.25) is 5.56 Å². The van der Waals surface area contributed by atoms with Crippen LogP contribution in [0.3, 0.4) is 0 Å². The number of hydrogen-bond donors (Lipinski definition) is 1. The zero-order valence-electron chi connectivity index (χ0n) is 12.2. The molecular weight excluding hydrogens is 303 g/mol. The Morgan fingerprint density at radius 2 is 2.13 bits per heavy atom. The Bertz CT molecular complexity index is 727. The van der Waals surface area contributed by atoms with E-state index < -0.39 is 5.82 Å². The van der Waals surface area contributed by atoms with E-state index in [2.05, 4.69) is 15.0 Å². The summed E-state index contributed by atoms with van der Waals surface area (Å²) in [6.45, 7) is 1.00. The Hall–Kier alpha value is -2.77. The minimum absolute atomic E-state index is 0.0924. The predicted octanol–water partition coefficient (Wildman–Crippen LogP) is 0.988. The fraction of sp³-hybridized carbons (Fsp3) is 0.333. The SMILES string of the molecule is O=C(c1ccc(=O)[nH]c1)N1CCC[C@@H](Oc2ncc(F)cn2)C1. The molecule has 1 amide bonds. The number of ether oxygens (including phenoxy) is 1. The van der Waals surface area contributed by atoms with Gasteiger partial charge in [0, 0.05) is 18.8 Å². The number of likely N-dealkylation sites (tertiary alicyclic amines) is 1. The van der Waals surface area contributed by atoms with Crippen LogP contribution in [0.5, 0.6) is 6.01 Å². The van der Waals surface area contributed by atoms with Crippen LogP contribution < -0.4 is 10.3 Å². The van der Waals surface area contributed by atoms with E-state index in [1.54, 1.807) is 4.90 Å². The monoisotopic (exact) mass is 318 g/mol. The highest BCUT2D eigenvalue weighted by atomic mass is 19.1. The number of nitrogens with zero attached hydrogens (tertiary/aromatic N) is 3. The van der Waals surface area contributed by atoms with Gasteiger partial charge in [0.25, 0.3) is 5.91 Å². The molecule has 1 aliphatic heterocycles. The van der Waals surface area contributed by atoms with Gasteiger partial charge in [-0.3, -0.25) is 9.59 Å². The molecule has 1 atom stereocenters. The molecule has 3 rings (SSSR count). The first kappa shape index (κ1) is 15.1. The standard InChI is InChI=1S/C15H15FN4O3/c16-11-7-18-15(19-8-11)23-12-2-1-5-20(9-12)14(22)10-3-4-13(21)17-6-10/h3-4,6-8,12H,1-2,5,9H2,(H,17,21)/t12-/m1/s1. The van der Waals surface area contributed by atoms with Crippen LogP contribution in [0.25, 0.3) is 0 Å². The number of aromatic nitrogens is 3. The van der Waals surface area contributed by atoms with Gasteiger partial charge < -0.3 is 14.6 Å². The summed E-state index contributed by atoms with van der Waals surface area (Å²) in [5, 5.41) is 0. The molecule has 0 aromatic carbocycles. The van der Waals surface area contributed by atoms with E-state index >= 15 is 0 Å². The predicted molar refractivity (Wildman–Crippen MR) is 78.6 cm³/mol. The number of piperidine rings is 1. The lowest BCUT2D eigenvalue weighted by molar-refractivity contribution is 0.0515. The van der Waals surface area contributed by atoms with Crippen molar-refractivity contribution in [3.05, 3.63) is 52.5 Å². The first-order valence-corrected chi connectivity index (χ1v) is 7.24. The number of hydrogen-bond acceptors (Lipinski definition) is 5. The molecule has 0 bridgehead atoms. The van der Waals surface area contributed by atoms with Crippen LogP contribution in [0.2, 0.25) is 0 Å². The van der Waals surface area contributed by atoms with Crippen molar-refractivity contribution in [2.75, 3.05) is 13.1 Å². The van der Waals surface area contributed by atoms with Gasteiger partial charge in [-0.05, 0) is 18.9 Å². The largest absolute Gasteiger partial charge is 0.458 e. The van der Waals surface area contributed by atoms with Crippen molar-refractivity contribution in [3.8, 4) is 6.01 Å². The van der Waals surface area contributed by atoms with Crippen LogP contribution in [0.1, 0.15) is 23.2 Å². The molecule has 1 saturated heterocycles. The highest BCUT2D eigenvalue weighted by molar-refractivity contribution is 5.93. The van der Waals surface area contributed by atoms with Crippen molar-refractivity contribution in [3.63, 3.8) is 0 Å². The summed E-state index contributed by atoms with van der Waals surface area (Å²) >= 11 is 0. The number of amides is 1. The Labute approximate surface area is 131 Å². The van der Waals surface area contributed by atoms with Crippen LogP contribution >= 0.6 is 0 Å². The molecule has 0 aliphatic carbocycles. The molecule has 1 N–H and O–H groups in total. The maximum Gasteiger partial charge on any atom is 0.316 e. The van der Waals surface area contributed by atoms with Gasteiger partial charge in [0.1, 0.15) is 6.10 Å². The lowest BCUT2D eigenvalue weighted by Gasteiger charge is -2.32. The zero-order chi connectivity index (χ0) is 16.2. The maximum atomic E-state index is 12.8. The fourth-order valence-electron chi connectivity index (χ4n) is 2.46. The van der Waals surface area contributed by atoms with Crippen molar-refractivity contribution >= 4 is 5.91 Å². The van der Waals surface area contributed by atoms with E-state index in [1.165, 1.54) is 18.3 Å². The van der Waals surface area contributed by atoms with E-state index in [0.29, 0.717) is 18.7 Å². The third-order valence-electron chi connectivity index (χ3n) is 3.57. The normalized spacial score (nSPS) is 17.8. The molecule has 8 heteroatoms. The summed E-state index contributed by atoms with van der Waals surface area (Å²) in [6, 6.07) is 2.90. The average Bonchev–Trinajstić information content (AvgIpc) is 2.57. The number of carbonyl (C=O) groups excluding carboxylic acids is 1. The number of nitrogens with one attached hydrogen (secondary N) is 1. The molecular formula is C15H15FN4O3. The molecule has 7 nitrogen and oxygen atoms in total. The lowest BCUT2D eigenvalue weighted by Crippen LogP contribution is -2.44. The number of pyridine rings is 1. The molecule has 120 valence electrons. The summed E-state index contributed by atoms with van der Waals surface area (Å²) in [7, 11) is 0. The zero-order valence-corrected chi connectivity index (χ0v) is 12.2. The van der Waals surface area contributed by atoms with E-state index in [0.717, 1.165) is 25.2 Å². The summed E-state index contributed by atoms with van der Waals surface area (Å²) in [5.74, 6) is -0.703. The van der Waals surface area contributed by atoms with Crippen molar-refractivity contribution < 1.29 is 13.9 Å². The summed E-state index contributed by atoms with van der Waals surface area (Å²) in [4.78, 5) is 35.1. The Morgan fingerprint density at radius 1 is 1.35 bits per heavy atom. The average molecular weight is 318 g/mol. The number of aromatic amines is 1. The first-order chi connectivity index (χ1) is 11.1. The molecule has 0 unspecified atom stereocenters. The van der Waals surface area contributed by atoms with E-state index in [-0.39, 0.29) is 23.6 Å². The minimum atomic E-state index is -0.532. The second-order valence-electron chi connectivity index (χ2n) is 5.26. The molecule has 0 radical (unpaired) electrons. The third-order valence-corrected chi connectivity index (χ3v) is 3.57. The Kier molecular flexibility index (Phi) is 4.31. The van der Waals surface area contributed by atoms with Crippen molar-refractivity contribution in [2.24, 2.45) is 0 Å². The van der Waals surface area contributed by atoms with Gasteiger partial charge in [-0.1, -0.05) is 0 Å². The summed E-state index contributed by atoms with van der Waals surface area (Å²) in [5.41, 5.74) is 0.165. The molecule has 0 saturated carbocycles. The molecule has 1 aliphatic rings. The first-order valence-electron chi connectivity index (χ1n) is 7.24. The van der Waals surface area contributed by atoms with Gasteiger partial charge >= 0.3 is 6.01 Å². The van der Waals surface area contributed by atoms with Crippen LogP contribution in [0, 0.1) is 5.82 Å². The quantitative estimate of drug-likeness (QED) is 0.911. The molecule has 0 spiro atoms. The fourth-order valence-corrected chi connectivity index (χ4v) is 2.46.